The number of fused-ring (bicyclic) bond motifs is 1. The number of carbonyl (C=O) groups excluding carboxylic acids is 1. The van der Waals surface area contributed by atoms with E-state index < -0.39 is 0 Å². The summed E-state index contributed by atoms with van der Waals surface area (Å²) < 4.78 is 16.8. The lowest BCUT2D eigenvalue weighted by Gasteiger charge is -2.27. The van der Waals surface area contributed by atoms with E-state index in [9.17, 15) is 4.79 Å². The first-order chi connectivity index (χ1) is 14.6. The Kier molecular flexibility index (Phi) is 6.55. The Morgan fingerprint density at radius 3 is 2.53 bits per heavy atom. The van der Waals surface area contributed by atoms with Crippen LogP contribution in [0, 0.1) is 5.92 Å². The molecule has 1 amide bonds. The highest BCUT2D eigenvalue weighted by Crippen LogP contribution is 2.34. The van der Waals surface area contributed by atoms with E-state index in [1.165, 1.54) is 0 Å². The van der Waals surface area contributed by atoms with Gasteiger partial charge in [-0.05, 0) is 41.3 Å². The fraction of sp³-hybridized carbons (Fsp3) is 0.458. The zero-order valence-electron chi connectivity index (χ0n) is 17.7. The van der Waals surface area contributed by atoms with E-state index in [1.54, 1.807) is 0 Å². The second-order valence-corrected chi connectivity index (χ2v) is 8.19. The minimum absolute atomic E-state index is 0.0626. The first-order valence-electron chi connectivity index (χ1n) is 10.7. The predicted molar refractivity (Wildman–Crippen MR) is 115 cm³/mol. The molecule has 1 fully saturated rings. The Balaban J connectivity index is 1.47. The molecule has 1 saturated heterocycles. The van der Waals surface area contributed by atoms with Crippen molar-refractivity contribution < 1.29 is 19.0 Å². The lowest BCUT2D eigenvalue weighted by atomic mass is 9.95. The Morgan fingerprint density at radius 1 is 1.00 bits per heavy atom. The number of rotatable bonds is 6. The highest BCUT2D eigenvalue weighted by molar-refractivity contribution is 5.94. The third-order valence-corrected chi connectivity index (χ3v) is 5.58. The molecule has 2 heterocycles. The van der Waals surface area contributed by atoms with Crippen LogP contribution in [0.1, 0.15) is 41.4 Å². The fourth-order valence-electron chi connectivity index (χ4n) is 3.94. The molecule has 4 rings (SSSR count). The van der Waals surface area contributed by atoms with Gasteiger partial charge in [0.05, 0.1) is 19.3 Å². The van der Waals surface area contributed by atoms with Gasteiger partial charge in [-0.1, -0.05) is 32.0 Å². The van der Waals surface area contributed by atoms with Crippen molar-refractivity contribution in [2.24, 2.45) is 5.92 Å². The van der Waals surface area contributed by atoms with Crippen LogP contribution in [-0.2, 0) is 11.3 Å². The highest BCUT2D eigenvalue weighted by Gasteiger charge is 2.22. The molecule has 2 aromatic rings. The summed E-state index contributed by atoms with van der Waals surface area (Å²) in [7, 11) is 0. The van der Waals surface area contributed by atoms with Crippen molar-refractivity contribution in [3.05, 3.63) is 59.2 Å². The number of nitrogens with one attached hydrogen (secondary N) is 1. The topological polar surface area (TPSA) is 60.0 Å². The number of benzene rings is 2. The van der Waals surface area contributed by atoms with Crippen LogP contribution in [0.2, 0.25) is 0 Å². The highest BCUT2D eigenvalue weighted by atomic mass is 16.6. The monoisotopic (exact) mass is 410 g/mol. The van der Waals surface area contributed by atoms with Crippen molar-refractivity contribution in [2.75, 3.05) is 39.5 Å². The van der Waals surface area contributed by atoms with E-state index in [0.717, 1.165) is 55.5 Å². The van der Waals surface area contributed by atoms with Crippen LogP contribution in [-0.4, -0.2) is 50.3 Å². The van der Waals surface area contributed by atoms with Crippen molar-refractivity contribution in [3.63, 3.8) is 0 Å². The minimum atomic E-state index is -0.115. The van der Waals surface area contributed by atoms with Crippen molar-refractivity contribution in [3.8, 4) is 11.5 Å². The molecule has 0 bridgehead atoms. The molecule has 1 atom stereocenters. The second kappa shape index (κ2) is 9.49. The summed E-state index contributed by atoms with van der Waals surface area (Å²) in [6.45, 7) is 9.56. The standard InChI is InChI=1S/C24H30N2O4/c1-17(2)23(19-6-7-21-22(15-19)30-13-12-29-21)25-24(27)20-5-3-4-18(14-20)16-26-8-10-28-11-9-26/h3-7,14-15,17,23H,8-13,16H2,1-2H3,(H,25,27). The van der Waals surface area contributed by atoms with E-state index in [4.69, 9.17) is 14.2 Å². The number of carbonyl (C=O) groups is 1. The maximum absolute atomic E-state index is 13.1. The summed E-state index contributed by atoms with van der Waals surface area (Å²) in [6, 6.07) is 13.7. The van der Waals surface area contributed by atoms with Crippen molar-refractivity contribution in [1.82, 2.24) is 10.2 Å². The molecule has 2 aliphatic heterocycles. The first kappa shape index (κ1) is 20.7. The zero-order chi connectivity index (χ0) is 20.9. The zero-order valence-corrected chi connectivity index (χ0v) is 17.7. The molecule has 6 heteroatoms. The number of hydrogen-bond donors (Lipinski definition) is 1. The van der Waals surface area contributed by atoms with Gasteiger partial charge in [0.15, 0.2) is 11.5 Å². The van der Waals surface area contributed by atoms with Gasteiger partial charge in [-0.15, -0.1) is 0 Å². The molecule has 2 aromatic carbocycles. The molecule has 0 saturated carbocycles. The van der Waals surface area contributed by atoms with Crippen molar-refractivity contribution in [2.45, 2.75) is 26.4 Å². The average molecular weight is 411 g/mol. The molecular formula is C24H30N2O4. The van der Waals surface area contributed by atoms with Crippen LogP contribution in [0.4, 0.5) is 0 Å². The molecule has 0 radical (unpaired) electrons. The maximum atomic E-state index is 13.1. The van der Waals surface area contributed by atoms with E-state index in [-0.39, 0.29) is 17.9 Å². The lowest BCUT2D eigenvalue weighted by Crippen LogP contribution is -2.35. The van der Waals surface area contributed by atoms with Gasteiger partial charge in [-0.2, -0.15) is 0 Å². The normalized spacial score (nSPS) is 17.6. The molecule has 0 spiro atoms. The predicted octanol–water partition coefficient (Wildman–Crippen LogP) is 3.42. The Bertz CT molecular complexity index is 877. The molecule has 0 aliphatic carbocycles. The molecule has 6 nitrogen and oxygen atoms in total. The third-order valence-electron chi connectivity index (χ3n) is 5.58. The maximum Gasteiger partial charge on any atom is 0.251 e. The number of hydrogen-bond acceptors (Lipinski definition) is 5. The van der Waals surface area contributed by atoms with E-state index in [0.29, 0.717) is 18.8 Å². The number of morpholine rings is 1. The van der Waals surface area contributed by atoms with Crippen LogP contribution < -0.4 is 14.8 Å². The summed E-state index contributed by atoms with van der Waals surface area (Å²) in [5.41, 5.74) is 2.85. The smallest absolute Gasteiger partial charge is 0.251 e. The molecule has 1 N–H and O–H groups in total. The average Bonchev–Trinajstić information content (AvgIpc) is 2.77. The van der Waals surface area contributed by atoms with Crippen molar-refractivity contribution >= 4 is 5.91 Å². The van der Waals surface area contributed by atoms with Gasteiger partial charge in [0.2, 0.25) is 0 Å². The summed E-state index contributed by atoms with van der Waals surface area (Å²) in [4.78, 5) is 15.4. The fourth-order valence-corrected chi connectivity index (χ4v) is 3.94. The number of ether oxygens (including phenoxy) is 3. The van der Waals surface area contributed by atoms with Crippen molar-refractivity contribution in [1.29, 1.82) is 0 Å². The molecular weight excluding hydrogens is 380 g/mol. The summed E-state index contributed by atoms with van der Waals surface area (Å²) >= 11 is 0. The van der Waals surface area contributed by atoms with Gasteiger partial charge in [-0.3, -0.25) is 9.69 Å². The molecule has 30 heavy (non-hydrogen) atoms. The quantitative estimate of drug-likeness (QED) is 0.791. The molecule has 2 aliphatic rings. The Morgan fingerprint density at radius 2 is 1.77 bits per heavy atom. The molecule has 1 unspecified atom stereocenters. The van der Waals surface area contributed by atoms with E-state index in [1.807, 2.05) is 36.4 Å². The summed E-state index contributed by atoms with van der Waals surface area (Å²) in [5.74, 6) is 1.67. The summed E-state index contributed by atoms with van der Waals surface area (Å²) in [5, 5.41) is 3.22. The Hall–Kier alpha value is -2.57. The van der Waals surface area contributed by atoms with Crippen LogP contribution in [0.3, 0.4) is 0 Å². The largest absolute Gasteiger partial charge is 0.486 e. The van der Waals surface area contributed by atoms with Crippen LogP contribution in [0.25, 0.3) is 0 Å². The third kappa shape index (κ3) is 4.94. The van der Waals surface area contributed by atoms with Gasteiger partial charge in [-0.25, -0.2) is 0 Å². The summed E-state index contributed by atoms with van der Waals surface area (Å²) in [6.07, 6.45) is 0. The number of amides is 1. The van der Waals surface area contributed by atoms with Crippen LogP contribution >= 0.6 is 0 Å². The van der Waals surface area contributed by atoms with E-state index in [2.05, 4.69) is 30.1 Å². The van der Waals surface area contributed by atoms with Crippen LogP contribution in [0.15, 0.2) is 42.5 Å². The molecule has 160 valence electrons. The Labute approximate surface area is 178 Å². The number of nitrogens with zero attached hydrogens (tertiary/aromatic N) is 1. The van der Waals surface area contributed by atoms with Crippen LogP contribution in [0.5, 0.6) is 11.5 Å². The van der Waals surface area contributed by atoms with Gasteiger partial charge in [0.25, 0.3) is 5.91 Å². The van der Waals surface area contributed by atoms with Gasteiger partial charge < -0.3 is 19.5 Å². The van der Waals surface area contributed by atoms with Gasteiger partial charge in [0, 0.05) is 25.2 Å². The minimum Gasteiger partial charge on any atom is -0.486 e. The first-order valence-corrected chi connectivity index (χ1v) is 10.7. The van der Waals surface area contributed by atoms with E-state index >= 15 is 0 Å². The SMILES string of the molecule is CC(C)C(NC(=O)c1cccc(CN2CCOCC2)c1)c1ccc2c(c1)OCCO2. The van der Waals surface area contributed by atoms with Gasteiger partial charge >= 0.3 is 0 Å². The van der Waals surface area contributed by atoms with Gasteiger partial charge in [0.1, 0.15) is 13.2 Å². The molecule has 0 aromatic heterocycles. The lowest BCUT2D eigenvalue weighted by molar-refractivity contribution is 0.0342. The second-order valence-electron chi connectivity index (χ2n) is 8.19.